The summed E-state index contributed by atoms with van der Waals surface area (Å²) in [5, 5.41) is 0.00952. The standard InChI is InChI=1S/C22H20FN3OS/c23-18-10-6-16(7-11-18)22(20(24)28-21(25)26-22)17-8-12-19(13-9-17)27-14-15-4-2-1-3-5-15/h1-13,20H,14,24H2,(H2,25,26). The minimum atomic E-state index is -0.861. The van der Waals surface area contributed by atoms with E-state index in [0.717, 1.165) is 22.4 Å². The van der Waals surface area contributed by atoms with E-state index >= 15 is 0 Å². The van der Waals surface area contributed by atoms with Crippen molar-refractivity contribution < 1.29 is 9.13 Å². The van der Waals surface area contributed by atoms with Gasteiger partial charge in [-0.3, -0.25) is 0 Å². The fourth-order valence-corrected chi connectivity index (χ4v) is 4.31. The van der Waals surface area contributed by atoms with Gasteiger partial charge in [0.15, 0.2) is 5.17 Å². The molecule has 0 spiro atoms. The Kier molecular flexibility index (Phi) is 5.07. The summed E-state index contributed by atoms with van der Waals surface area (Å²) in [5.41, 5.74) is 14.3. The van der Waals surface area contributed by atoms with Gasteiger partial charge in [-0.05, 0) is 41.0 Å². The van der Waals surface area contributed by atoms with Gasteiger partial charge in [0.05, 0.1) is 5.37 Å². The Labute approximate surface area is 167 Å². The van der Waals surface area contributed by atoms with Crippen molar-refractivity contribution in [1.82, 2.24) is 0 Å². The SMILES string of the molecule is NC1=NC(c2ccc(F)cc2)(c2ccc(OCc3ccccc3)cc2)C(N)S1. The minimum absolute atomic E-state index is 0.306. The Morgan fingerprint density at radius 1 is 0.929 bits per heavy atom. The van der Waals surface area contributed by atoms with E-state index in [1.807, 2.05) is 54.6 Å². The van der Waals surface area contributed by atoms with Crippen molar-refractivity contribution >= 4 is 16.9 Å². The molecule has 0 aromatic heterocycles. The predicted octanol–water partition coefficient (Wildman–Crippen LogP) is 3.99. The molecule has 0 bridgehead atoms. The molecule has 0 fully saturated rings. The van der Waals surface area contributed by atoms with Crippen LogP contribution in [-0.2, 0) is 12.1 Å². The summed E-state index contributed by atoms with van der Waals surface area (Å²) in [4.78, 5) is 4.66. The normalized spacial score (nSPS) is 21.4. The third-order valence-corrected chi connectivity index (χ3v) is 5.70. The van der Waals surface area contributed by atoms with Crippen molar-refractivity contribution in [2.45, 2.75) is 17.5 Å². The number of amidine groups is 1. The molecule has 4 N–H and O–H groups in total. The Morgan fingerprint density at radius 2 is 1.54 bits per heavy atom. The van der Waals surface area contributed by atoms with Crippen LogP contribution in [0.4, 0.5) is 4.39 Å². The van der Waals surface area contributed by atoms with Gasteiger partial charge in [0.1, 0.15) is 23.7 Å². The lowest BCUT2D eigenvalue weighted by molar-refractivity contribution is 0.306. The highest BCUT2D eigenvalue weighted by Crippen LogP contribution is 2.45. The summed E-state index contributed by atoms with van der Waals surface area (Å²) < 4.78 is 19.3. The van der Waals surface area contributed by atoms with Gasteiger partial charge in [0.25, 0.3) is 0 Å². The first kappa shape index (κ1) is 18.5. The number of thioether (sulfide) groups is 1. The molecule has 0 amide bonds. The summed E-state index contributed by atoms with van der Waals surface area (Å²) in [6, 6.07) is 23.9. The van der Waals surface area contributed by atoms with Gasteiger partial charge in [-0.1, -0.05) is 66.4 Å². The van der Waals surface area contributed by atoms with E-state index in [-0.39, 0.29) is 5.82 Å². The number of ether oxygens (including phenoxy) is 1. The average Bonchev–Trinajstić information content (AvgIpc) is 3.03. The molecule has 0 saturated carbocycles. The summed E-state index contributed by atoms with van der Waals surface area (Å²) >= 11 is 1.31. The number of benzene rings is 3. The Morgan fingerprint density at radius 3 is 2.11 bits per heavy atom. The second-order valence-corrected chi connectivity index (χ2v) is 7.72. The summed E-state index contributed by atoms with van der Waals surface area (Å²) in [6.45, 7) is 0.490. The molecule has 3 aromatic carbocycles. The maximum atomic E-state index is 13.4. The van der Waals surface area contributed by atoms with Gasteiger partial charge in [-0.2, -0.15) is 0 Å². The fourth-order valence-electron chi connectivity index (χ4n) is 3.35. The Bertz CT molecular complexity index is 977. The number of rotatable bonds is 5. The van der Waals surface area contributed by atoms with Crippen LogP contribution in [0.2, 0.25) is 0 Å². The van der Waals surface area contributed by atoms with E-state index in [0.29, 0.717) is 11.8 Å². The van der Waals surface area contributed by atoms with E-state index in [1.54, 1.807) is 12.1 Å². The molecule has 4 rings (SSSR count). The maximum absolute atomic E-state index is 13.4. The van der Waals surface area contributed by atoms with Crippen LogP contribution >= 0.6 is 11.8 Å². The fraction of sp³-hybridized carbons (Fsp3) is 0.136. The molecule has 28 heavy (non-hydrogen) atoms. The summed E-state index contributed by atoms with van der Waals surface area (Å²) in [6.07, 6.45) is 0. The molecule has 0 radical (unpaired) electrons. The van der Waals surface area contributed by atoms with E-state index in [2.05, 4.69) is 4.99 Å². The first-order valence-electron chi connectivity index (χ1n) is 8.89. The molecule has 1 aliphatic heterocycles. The van der Waals surface area contributed by atoms with Gasteiger partial charge >= 0.3 is 0 Å². The molecule has 4 nitrogen and oxygen atoms in total. The van der Waals surface area contributed by atoms with Gasteiger partial charge in [0, 0.05) is 0 Å². The van der Waals surface area contributed by atoms with Crippen LogP contribution in [0.15, 0.2) is 83.9 Å². The van der Waals surface area contributed by atoms with Gasteiger partial charge in [-0.15, -0.1) is 0 Å². The number of nitrogens with two attached hydrogens (primary N) is 2. The second kappa shape index (κ2) is 7.66. The van der Waals surface area contributed by atoms with Crippen molar-refractivity contribution in [3.63, 3.8) is 0 Å². The molecule has 1 aliphatic rings. The highest BCUT2D eigenvalue weighted by molar-refractivity contribution is 8.14. The smallest absolute Gasteiger partial charge is 0.156 e. The monoisotopic (exact) mass is 393 g/mol. The van der Waals surface area contributed by atoms with Crippen LogP contribution in [0.1, 0.15) is 16.7 Å². The molecule has 0 aliphatic carbocycles. The van der Waals surface area contributed by atoms with Crippen molar-refractivity contribution in [3.05, 3.63) is 101 Å². The number of aliphatic imine (C=N–C) groups is 1. The van der Waals surface area contributed by atoms with Gasteiger partial charge < -0.3 is 16.2 Å². The molecular weight excluding hydrogens is 373 g/mol. The zero-order valence-electron chi connectivity index (χ0n) is 15.1. The van der Waals surface area contributed by atoms with E-state index < -0.39 is 10.9 Å². The molecule has 142 valence electrons. The third kappa shape index (κ3) is 3.48. The molecule has 6 heteroatoms. The zero-order valence-corrected chi connectivity index (χ0v) is 15.9. The molecular formula is C22H20FN3OS. The van der Waals surface area contributed by atoms with Crippen LogP contribution in [0.5, 0.6) is 5.75 Å². The minimum Gasteiger partial charge on any atom is -0.489 e. The summed E-state index contributed by atoms with van der Waals surface area (Å²) in [5.74, 6) is 0.442. The number of nitrogens with zero attached hydrogens (tertiary/aromatic N) is 1. The topological polar surface area (TPSA) is 73.6 Å². The quantitative estimate of drug-likeness (QED) is 0.687. The maximum Gasteiger partial charge on any atom is 0.156 e. The van der Waals surface area contributed by atoms with Gasteiger partial charge in [0.2, 0.25) is 0 Å². The average molecular weight is 393 g/mol. The first-order chi connectivity index (χ1) is 13.6. The predicted molar refractivity (Wildman–Crippen MR) is 112 cm³/mol. The Balaban J connectivity index is 1.63. The molecule has 2 atom stereocenters. The molecule has 0 saturated heterocycles. The van der Waals surface area contributed by atoms with Crippen LogP contribution in [0.25, 0.3) is 0 Å². The van der Waals surface area contributed by atoms with Crippen LogP contribution in [0.3, 0.4) is 0 Å². The zero-order chi connectivity index (χ0) is 19.6. The first-order valence-corrected chi connectivity index (χ1v) is 9.77. The van der Waals surface area contributed by atoms with Crippen molar-refractivity contribution in [3.8, 4) is 5.75 Å². The number of hydrogen-bond donors (Lipinski definition) is 2. The number of hydrogen-bond acceptors (Lipinski definition) is 5. The third-order valence-electron chi connectivity index (χ3n) is 4.77. The van der Waals surface area contributed by atoms with E-state index in [9.17, 15) is 4.39 Å². The molecule has 3 aromatic rings. The van der Waals surface area contributed by atoms with Gasteiger partial charge in [-0.25, -0.2) is 9.38 Å². The van der Waals surface area contributed by atoms with Crippen LogP contribution < -0.4 is 16.2 Å². The largest absolute Gasteiger partial charge is 0.489 e. The van der Waals surface area contributed by atoms with Crippen molar-refractivity contribution in [2.75, 3.05) is 0 Å². The Hall–Kier alpha value is -2.83. The lowest BCUT2D eigenvalue weighted by Crippen LogP contribution is -2.40. The van der Waals surface area contributed by atoms with E-state index in [4.69, 9.17) is 16.2 Å². The highest BCUT2D eigenvalue weighted by atomic mass is 32.2. The highest BCUT2D eigenvalue weighted by Gasteiger charge is 2.45. The number of halogens is 1. The van der Waals surface area contributed by atoms with E-state index in [1.165, 1.54) is 23.9 Å². The van der Waals surface area contributed by atoms with Crippen molar-refractivity contribution in [1.29, 1.82) is 0 Å². The van der Waals surface area contributed by atoms with Crippen LogP contribution in [0, 0.1) is 5.82 Å². The van der Waals surface area contributed by atoms with Crippen LogP contribution in [-0.4, -0.2) is 10.5 Å². The lowest BCUT2D eigenvalue weighted by atomic mass is 9.83. The summed E-state index contributed by atoms with van der Waals surface area (Å²) in [7, 11) is 0. The lowest BCUT2D eigenvalue weighted by Gasteiger charge is -2.31. The molecule has 2 unspecified atom stereocenters. The van der Waals surface area contributed by atoms with Crippen molar-refractivity contribution in [2.24, 2.45) is 16.5 Å². The molecule has 1 heterocycles. The second-order valence-electron chi connectivity index (χ2n) is 6.56.